The number of methoxy groups -OCH3 is 2. The second-order valence-corrected chi connectivity index (χ2v) is 7.67. The summed E-state index contributed by atoms with van der Waals surface area (Å²) in [7, 11) is 3.20. The number of anilines is 1. The molecule has 2 heterocycles. The predicted octanol–water partition coefficient (Wildman–Crippen LogP) is 3.20. The number of hydrogen-bond acceptors (Lipinski definition) is 6. The number of benzene rings is 1. The molecular weight excluding hydrogens is 368 g/mol. The maximum absolute atomic E-state index is 13.1. The van der Waals surface area contributed by atoms with E-state index < -0.39 is 0 Å². The van der Waals surface area contributed by atoms with Crippen LogP contribution in [-0.2, 0) is 0 Å². The van der Waals surface area contributed by atoms with Crippen LogP contribution >= 0.6 is 0 Å². The van der Waals surface area contributed by atoms with Crippen LogP contribution in [0.25, 0.3) is 0 Å². The molecule has 7 heteroatoms. The summed E-state index contributed by atoms with van der Waals surface area (Å²) in [6, 6.07) is 5.59. The summed E-state index contributed by atoms with van der Waals surface area (Å²) in [5.41, 5.74) is 2.44. The molecule has 0 bridgehead atoms. The molecule has 1 saturated heterocycles. The van der Waals surface area contributed by atoms with Crippen LogP contribution in [0.2, 0.25) is 0 Å². The van der Waals surface area contributed by atoms with Gasteiger partial charge in [0.2, 0.25) is 0 Å². The SMILES string of the molecule is COc1cc(C(=O)N2CCN(c3cc(C)nc(C(C)C)n3)CC2)cc(OC)c1C. The summed E-state index contributed by atoms with van der Waals surface area (Å²) >= 11 is 0. The maximum atomic E-state index is 13.1. The molecule has 2 aromatic rings. The van der Waals surface area contributed by atoms with Gasteiger partial charge in [-0.2, -0.15) is 0 Å². The molecule has 0 aliphatic carbocycles. The smallest absolute Gasteiger partial charge is 0.254 e. The number of piperazine rings is 1. The Bertz CT molecular complexity index is 865. The van der Waals surface area contributed by atoms with Gasteiger partial charge in [0.1, 0.15) is 23.1 Å². The van der Waals surface area contributed by atoms with Gasteiger partial charge in [-0.3, -0.25) is 4.79 Å². The minimum atomic E-state index is -0.0111. The quantitative estimate of drug-likeness (QED) is 0.771. The Morgan fingerprint density at radius 2 is 1.55 bits per heavy atom. The third-order valence-corrected chi connectivity index (χ3v) is 5.26. The van der Waals surface area contributed by atoms with Crippen molar-refractivity contribution in [3.8, 4) is 11.5 Å². The maximum Gasteiger partial charge on any atom is 0.254 e. The topological polar surface area (TPSA) is 67.8 Å². The van der Waals surface area contributed by atoms with Gasteiger partial charge in [-0.1, -0.05) is 13.8 Å². The van der Waals surface area contributed by atoms with Crippen LogP contribution in [0.15, 0.2) is 18.2 Å². The number of carbonyl (C=O) groups is 1. The molecule has 0 atom stereocenters. The Morgan fingerprint density at radius 3 is 2.07 bits per heavy atom. The third-order valence-electron chi connectivity index (χ3n) is 5.26. The fourth-order valence-electron chi connectivity index (χ4n) is 3.53. The molecule has 1 aromatic heterocycles. The van der Waals surface area contributed by atoms with Crippen molar-refractivity contribution in [1.29, 1.82) is 0 Å². The van der Waals surface area contributed by atoms with Gasteiger partial charge in [-0.15, -0.1) is 0 Å². The van der Waals surface area contributed by atoms with Crippen molar-refractivity contribution in [1.82, 2.24) is 14.9 Å². The first-order valence-corrected chi connectivity index (χ1v) is 9.96. The average Bonchev–Trinajstić information content (AvgIpc) is 2.73. The lowest BCUT2D eigenvalue weighted by Gasteiger charge is -2.35. The molecule has 0 radical (unpaired) electrons. The first kappa shape index (κ1) is 20.9. The molecule has 0 saturated carbocycles. The highest BCUT2D eigenvalue weighted by molar-refractivity contribution is 5.95. The molecule has 7 nitrogen and oxygen atoms in total. The van der Waals surface area contributed by atoms with E-state index in [0.29, 0.717) is 30.2 Å². The minimum Gasteiger partial charge on any atom is -0.496 e. The van der Waals surface area contributed by atoms with Crippen LogP contribution in [0.1, 0.15) is 47.2 Å². The summed E-state index contributed by atoms with van der Waals surface area (Å²) in [6.07, 6.45) is 0. The first-order valence-electron chi connectivity index (χ1n) is 9.96. The number of carbonyl (C=O) groups excluding carboxylic acids is 1. The van der Waals surface area contributed by atoms with Gasteiger partial charge in [0.25, 0.3) is 5.91 Å². The first-order chi connectivity index (χ1) is 13.8. The Hall–Kier alpha value is -2.83. The Kier molecular flexibility index (Phi) is 6.25. The zero-order valence-electron chi connectivity index (χ0n) is 18.2. The van der Waals surface area contributed by atoms with Gasteiger partial charge in [-0.05, 0) is 26.0 Å². The lowest BCUT2D eigenvalue weighted by Crippen LogP contribution is -2.49. The number of rotatable bonds is 5. The van der Waals surface area contributed by atoms with E-state index in [1.54, 1.807) is 26.4 Å². The van der Waals surface area contributed by atoms with E-state index >= 15 is 0 Å². The van der Waals surface area contributed by atoms with Crippen molar-refractivity contribution < 1.29 is 14.3 Å². The van der Waals surface area contributed by atoms with E-state index in [0.717, 1.165) is 36.0 Å². The van der Waals surface area contributed by atoms with E-state index in [1.165, 1.54) is 0 Å². The van der Waals surface area contributed by atoms with Crippen molar-refractivity contribution in [3.63, 3.8) is 0 Å². The van der Waals surface area contributed by atoms with Gasteiger partial charge in [-0.25, -0.2) is 9.97 Å². The molecule has 156 valence electrons. The third kappa shape index (κ3) is 4.44. The highest BCUT2D eigenvalue weighted by atomic mass is 16.5. The number of nitrogens with zero attached hydrogens (tertiary/aromatic N) is 4. The van der Waals surface area contributed by atoms with Gasteiger partial charge >= 0.3 is 0 Å². The molecule has 1 aliphatic heterocycles. The van der Waals surface area contributed by atoms with Gasteiger partial charge < -0.3 is 19.3 Å². The van der Waals surface area contributed by atoms with Crippen LogP contribution in [0.4, 0.5) is 5.82 Å². The summed E-state index contributed by atoms with van der Waals surface area (Å²) in [4.78, 5) is 26.4. The monoisotopic (exact) mass is 398 g/mol. The van der Waals surface area contributed by atoms with E-state index in [-0.39, 0.29) is 11.8 Å². The number of amides is 1. The zero-order valence-corrected chi connectivity index (χ0v) is 18.2. The van der Waals surface area contributed by atoms with Crippen molar-refractivity contribution in [3.05, 3.63) is 40.8 Å². The Morgan fingerprint density at radius 1 is 0.966 bits per heavy atom. The van der Waals surface area contributed by atoms with Gasteiger partial charge in [0.05, 0.1) is 14.2 Å². The fraction of sp³-hybridized carbons (Fsp3) is 0.500. The van der Waals surface area contributed by atoms with Crippen LogP contribution < -0.4 is 14.4 Å². The number of aryl methyl sites for hydroxylation is 1. The van der Waals surface area contributed by atoms with E-state index in [1.807, 2.05) is 24.8 Å². The van der Waals surface area contributed by atoms with E-state index in [2.05, 4.69) is 23.7 Å². The Labute approximate surface area is 172 Å². The van der Waals surface area contributed by atoms with Crippen LogP contribution in [0, 0.1) is 13.8 Å². The van der Waals surface area contributed by atoms with Crippen molar-refractivity contribution in [2.24, 2.45) is 0 Å². The molecule has 1 aliphatic rings. The van der Waals surface area contributed by atoms with Crippen molar-refractivity contribution >= 4 is 11.7 Å². The second-order valence-electron chi connectivity index (χ2n) is 7.67. The lowest BCUT2D eigenvalue weighted by atomic mass is 10.1. The molecule has 29 heavy (non-hydrogen) atoms. The van der Waals surface area contributed by atoms with Gasteiger partial charge in [0.15, 0.2) is 0 Å². The predicted molar refractivity (Wildman–Crippen MR) is 113 cm³/mol. The van der Waals surface area contributed by atoms with Crippen LogP contribution in [0.5, 0.6) is 11.5 Å². The van der Waals surface area contributed by atoms with Crippen LogP contribution in [0.3, 0.4) is 0 Å². The van der Waals surface area contributed by atoms with Gasteiger partial charge in [0, 0.05) is 55.0 Å². The minimum absolute atomic E-state index is 0.0111. The standard InChI is InChI=1S/C22H30N4O3/c1-14(2)21-23-15(3)11-20(24-21)25-7-9-26(10-8-25)22(27)17-12-18(28-5)16(4)19(13-17)29-6/h11-14H,7-10H2,1-6H3. The zero-order chi connectivity index (χ0) is 21.1. The molecular formula is C22H30N4O3. The lowest BCUT2D eigenvalue weighted by molar-refractivity contribution is 0.0745. The number of hydrogen-bond donors (Lipinski definition) is 0. The fourth-order valence-corrected chi connectivity index (χ4v) is 3.53. The normalized spacial score (nSPS) is 14.3. The second kappa shape index (κ2) is 8.68. The number of aromatic nitrogens is 2. The molecule has 0 N–H and O–H groups in total. The highest BCUT2D eigenvalue weighted by Gasteiger charge is 2.25. The molecule has 0 unspecified atom stereocenters. The average molecular weight is 399 g/mol. The summed E-state index contributed by atoms with van der Waals surface area (Å²) < 4.78 is 10.8. The highest BCUT2D eigenvalue weighted by Crippen LogP contribution is 2.30. The summed E-state index contributed by atoms with van der Waals surface area (Å²) in [5.74, 6) is 3.38. The molecule has 1 fully saturated rings. The van der Waals surface area contributed by atoms with E-state index in [4.69, 9.17) is 14.5 Å². The van der Waals surface area contributed by atoms with Crippen molar-refractivity contribution in [2.45, 2.75) is 33.6 Å². The van der Waals surface area contributed by atoms with Crippen LogP contribution in [-0.4, -0.2) is 61.2 Å². The molecule has 0 spiro atoms. The van der Waals surface area contributed by atoms with E-state index in [9.17, 15) is 4.79 Å². The molecule has 3 rings (SSSR count). The summed E-state index contributed by atoms with van der Waals surface area (Å²) in [6.45, 7) is 10.8. The largest absolute Gasteiger partial charge is 0.496 e. The Balaban J connectivity index is 1.74. The summed E-state index contributed by atoms with van der Waals surface area (Å²) in [5, 5.41) is 0. The molecule has 1 amide bonds. The van der Waals surface area contributed by atoms with Crippen molar-refractivity contribution in [2.75, 3.05) is 45.3 Å². The molecule has 1 aromatic carbocycles. The number of ether oxygens (including phenoxy) is 2.